The van der Waals surface area contributed by atoms with Gasteiger partial charge in [-0.25, -0.2) is 9.78 Å². The van der Waals surface area contributed by atoms with Crippen molar-refractivity contribution in [1.82, 2.24) is 9.88 Å². The van der Waals surface area contributed by atoms with Crippen LogP contribution in [0.5, 0.6) is 0 Å². The lowest BCUT2D eigenvalue weighted by atomic mass is 10.1. The average Bonchev–Trinajstić information content (AvgIpc) is 2.33. The molecular formula is C11H15FN4O. The molecule has 1 saturated heterocycles. The van der Waals surface area contributed by atoms with Crippen molar-refractivity contribution in [3.63, 3.8) is 0 Å². The quantitative estimate of drug-likeness (QED) is 0.760. The van der Waals surface area contributed by atoms with Crippen LogP contribution in [0.25, 0.3) is 0 Å². The number of carbonyl (C=O) groups is 1. The molecule has 92 valence electrons. The number of anilines is 1. The van der Waals surface area contributed by atoms with Crippen LogP contribution in [0.15, 0.2) is 18.3 Å². The van der Waals surface area contributed by atoms with Crippen molar-refractivity contribution < 1.29 is 9.18 Å². The Morgan fingerprint density at radius 2 is 2.18 bits per heavy atom. The molecule has 2 rings (SSSR count). The van der Waals surface area contributed by atoms with Crippen molar-refractivity contribution in [1.29, 1.82) is 0 Å². The molecule has 2 amide bonds. The van der Waals surface area contributed by atoms with E-state index in [9.17, 15) is 9.18 Å². The van der Waals surface area contributed by atoms with Gasteiger partial charge in [-0.05, 0) is 25.0 Å². The summed E-state index contributed by atoms with van der Waals surface area (Å²) in [6.45, 7) is 1.31. The van der Waals surface area contributed by atoms with Crippen LogP contribution in [0.2, 0.25) is 0 Å². The average molecular weight is 238 g/mol. The first kappa shape index (κ1) is 11.6. The Morgan fingerprint density at radius 3 is 2.71 bits per heavy atom. The maximum atomic E-state index is 12.6. The van der Waals surface area contributed by atoms with Crippen LogP contribution in [0, 0.1) is 5.95 Å². The van der Waals surface area contributed by atoms with E-state index in [-0.39, 0.29) is 12.1 Å². The number of likely N-dealkylation sites (tertiary alicyclic amines) is 1. The molecule has 0 spiro atoms. The van der Waals surface area contributed by atoms with Gasteiger partial charge in [0.25, 0.3) is 0 Å². The number of hydrogen-bond donors (Lipinski definition) is 2. The SMILES string of the molecule is NC(=O)N1CCC(Nc2ccc(F)nc2)CC1. The molecule has 1 aliphatic rings. The number of carbonyl (C=O) groups excluding carboxylic acids is 1. The lowest BCUT2D eigenvalue weighted by Gasteiger charge is -2.31. The zero-order valence-electron chi connectivity index (χ0n) is 9.40. The van der Waals surface area contributed by atoms with Crippen LogP contribution < -0.4 is 11.1 Å². The van der Waals surface area contributed by atoms with Crippen LogP contribution in [0.4, 0.5) is 14.9 Å². The van der Waals surface area contributed by atoms with Gasteiger partial charge in [0.15, 0.2) is 0 Å². The highest BCUT2D eigenvalue weighted by molar-refractivity contribution is 5.72. The molecule has 0 bridgehead atoms. The molecule has 0 radical (unpaired) electrons. The molecule has 5 nitrogen and oxygen atoms in total. The number of rotatable bonds is 2. The zero-order valence-corrected chi connectivity index (χ0v) is 9.40. The molecule has 3 N–H and O–H groups in total. The highest BCUT2D eigenvalue weighted by Gasteiger charge is 2.20. The Morgan fingerprint density at radius 1 is 1.47 bits per heavy atom. The number of nitrogens with zero attached hydrogens (tertiary/aromatic N) is 2. The van der Waals surface area contributed by atoms with Crippen molar-refractivity contribution in [2.75, 3.05) is 18.4 Å². The number of nitrogens with one attached hydrogen (secondary N) is 1. The third-order valence-corrected chi connectivity index (χ3v) is 2.90. The topological polar surface area (TPSA) is 71.2 Å². The Hall–Kier alpha value is -1.85. The van der Waals surface area contributed by atoms with Gasteiger partial charge in [-0.2, -0.15) is 4.39 Å². The van der Waals surface area contributed by atoms with Crippen molar-refractivity contribution >= 4 is 11.7 Å². The van der Waals surface area contributed by atoms with Gasteiger partial charge in [-0.3, -0.25) is 0 Å². The van der Waals surface area contributed by atoms with E-state index in [1.807, 2.05) is 0 Å². The summed E-state index contributed by atoms with van der Waals surface area (Å²) < 4.78 is 12.6. The Balaban J connectivity index is 1.85. The molecule has 1 fully saturated rings. The van der Waals surface area contributed by atoms with E-state index < -0.39 is 5.95 Å². The maximum Gasteiger partial charge on any atom is 0.314 e. The van der Waals surface area contributed by atoms with Crippen molar-refractivity contribution in [2.45, 2.75) is 18.9 Å². The Bertz CT molecular complexity index is 387. The fourth-order valence-electron chi connectivity index (χ4n) is 1.94. The minimum absolute atomic E-state index is 0.276. The maximum absolute atomic E-state index is 12.6. The van der Waals surface area contributed by atoms with Gasteiger partial charge in [0.05, 0.1) is 11.9 Å². The normalized spacial score (nSPS) is 16.9. The van der Waals surface area contributed by atoms with Gasteiger partial charge in [0, 0.05) is 19.1 Å². The molecule has 1 aliphatic heterocycles. The van der Waals surface area contributed by atoms with E-state index in [0.717, 1.165) is 18.5 Å². The molecule has 0 aliphatic carbocycles. The summed E-state index contributed by atoms with van der Waals surface area (Å²) in [5, 5.41) is 3.26. The second kappa shape index (κ2) is 4.99. The van der Waals surface area contributed by atoms with Gasteiger partial charge >= 0.3 is 6.03 Å². The first-order valence-electron chi connectivity index (χ1n) is 5.57. The second-order valence-electron chi connectivity index (χ2n) is 4.11. The largest absolute Gasteiger partial charge is 0.381 e. The van der Waals surface area contributed by atoms with Crippen molar-refractivity contribution in [2.24, 2.45) is 5.73 Å². The summed E-state index contributed by atoms with van der Waals surface area (Å²) in [7, 11) is 0. The van der Waals surface area contributed by atoms with Crippen LogP contribution in [-0.4, -0.2) is 35.0 Å². The molecule has 1 aromatic heterocycles. The van der Waals surface area contributed by atoms with Crippen molar-refractivity contribution in [3.8, 4) is 0 Å². The number of hydrogen-bond acceptors (Lipinski definition) is 3. The Kier molecular flexibility index (Phi) is 3.41. The lowest BCUT2D eigenvalue weighted by molar-refractivity contribution is 0.193. The summed E-state index contributed by atoms with van der Waals surface area (Å²) in [5.41, 5.74) is 5.99. The lowest BCUT2D eigenvalue weighted by Crippen LogP contribution is -2.44. The number of urea groups is 1. The van der Waals surface area contributed by atoms with E-state index in [4.69, 9.17) is 5.73 Å². The molecule has 0 unspecified atom stereocenters. The monoisotopic (exact) mass is 238 g/mol. The van der Waals surface area contributed by atoms with E-state index in [1.54, 1.807) is 11.0 Å². The van der Waals surface area contributed by atoms with E-state index in [0.29, 0.717) is 13.1 Å². The third-order valence-electron chi connectivity index (χ3n) is 2.90. The van der Waals surface area contributed by atoms with Gasteiger partial charge in [0.1, 0.15) is 0 Å². The number of piperidine rings is 1. The predicted molar refractivity (Wildman–Crippen MR) is 62.0 cm³/mol. The summed E-state index contributed by atoms with van der Waals surface area (Å²) in [6, 6.07) is 2.88. The summed E-state index contributed by atoms with van der Waals surface area (Å²) in [4.78, 5) is 16.1. The number of amides is 2. The molecule has 17 heavy (non-hydrogen) atoms. The number of halogens is 1. The summed E-state index contributed by atoms with van der Waals surface area (Å²) >= 11 is 0. The fourth-order valence-corrected chi connectivity index (χ4v) is 1.94. The standard InChI is InChI=1S/C11H15FN4O/c12-10-2-1-9(7-14-10)15-8-3-5-16(6-4-8)11(13)17/h1-2,7-8,15H,3-6H2,(H2,13,17). The minimum Gasteiger partial charge on any atom is -0.381 e. The molecular weight excluding hydrogens is 223 g/mol. The van der Waals surface area contributed by atoms with Crippen LogP contribution in [0.1, 0.15) is 12.8 Å². The Labute approximate surface area is 98.8 Å². The van der Waals surface area contributed by atoms with Crippen LogP contribution in [-0.2, 0) is 0 Å². The number of nitrogens with two attached hydrogens (primary N) is 1. The zero-order chi connectivity index (χ0) is 12.3. The third kappa shape index (κ3) is 3.05. The van der Waals surface area contributed by atoms with Gasteiger partial charge in [0.2, 0.25) is 5.95 Å². The summed E-state index contributed by atoms with van der Waals surface area (Å²) in [6.07, 6.45) is 3.14. The first-order chi connectivity index (χ1) is 8.15. The highest BCUT2D eigenvalue weighted by Crippen LogP contribution is 2.15. The predicted octanol–water partition coefficient (Wildman–Crippen LogP) is 1.18. The smallest absolute Gasteiger partial charge is 0.314 e. The minimum atomic E-state index is -0.487. The van der Waals surface area contributed by atoms with Crippen molar-refractivity contribution in [3.05, 3.63) is 24.3 Å². The fraction of sp³-hybridized carbons (Fsp3) is 0.455. The molecule has 0 atom stereocenters. The molecule has 6 heteroatoms. The van der Waals surface area contributed by atoms with E-state index >= 15 is 0 Å². The van der Waals surface area contributed by atoms with E-state index in [2.05, 4.69) is 10.3 Å². The molecule has 2 heterocycles. The highest BCUT2D eigenvalue weighted by atomic mass is 19.1. The van der Waals surface area contributed by atoms with Gasteiger partial charge in [-0.1, -0.05) is 0 Å². The molecule has 0 aromatic carbocycles. The van der Waals surface area contributed by atoms with Crippen LogP contribution in [0.3, 0.4) is 0 Å². The summed E-state index contributed by atoms with van der Waals surface area (Å²) in [5.74, 6) is -0.487. The number of aromatic nitrogens is 1. The van der Waals surface area contributed by atoms with E-state index in [1.165, 1.54) is 12.3 Å². The first-order valence-corrected chi connectivity index (χ1v) is 5.57. The molecule has 1 aromatic rings. The molecule has 0 saturated carbocycles. The van der Waals surface area contributed by atoms with Gasteiger partial charge in [-0.15, -0.1) is 0 Å². The number of primary amides is 1. The second-order valence-corrected chi connectivity index (χ2v) is 4.11. The van der Waals surface area contributed by atoms with Gasteiger partial charge < -0.3 is 16.0 Å². The number of pyridine rings is 1. The van der Waals surface area contributed by atoms with Crippen LogP contribution >= 0.6 is 0 Å².